The standard InChI is InChI=1S/C18H17NO3/c1-3-13-19(16-7-5-4-6-8-16)17(20)14-9-11-15(12-10-14)18(21)22-2/h3-12H,1,13H2,2H3. The first kappa shape index (κ1) is 15.5. The van der Waals surface area contributed by atoms with Crippen LogP contribution in [0, 0.1) is 0 Å². The van der Waals surface area contributed by atoms with E-state index in [1.54, 1.807) is 35.2 Å². The van der Waals surface area contributed by atoms with Crippen LogP contribution in [0.3, 0.4) is 0 Å². The maximum Gasteiger partial charge on any atom is 0.337 e. The number of rotatable bonds is 5. The summed E-state index contributed by atoms with van der Waals surface area (Å²) in [6.07, 6.45) is 1.67. The quantitative estimate of drug-likeness (QED) is 0.628. The van der Waals surface area contributed by atoms with Crippen LogP contribution in [0.15, 0.2) is 67.3 Å². The second-order valence-electron chi connectivity index (χ2n) is 4.61. The maximum absolute atomic E-state index is 12.6. The normalized spacial score (nSPS) is 9.86. The molecule has 0 aromatic heterocycles. The molecule has 0 atom stereocenters. The molecule has 0 saturated carbocycles. The van der Waals surface area contributed by atoms with E-state index in [1.165, 1.54) is 7.11 Å². The van der Waals surface area contributed by atoms with Crippen molar-refractivity contribution in [3.8, 4) is 0 Å². The number of carbonyl (C=O) groups is 2. The van der Waals surface area contributed by atoms with Crippen molar-refractivity contribution in [3.05, 3.63) is 78.4 Å². The summed E-state index contributed by atoms with van der Waals surface area (Å²) in [5.41, 5.74) is 1.71. The second-order valence-corrected chi connectivity index (χ2v) is 4.61. The number of benzene rings is 2. The van der Waals surface area contributed by atoms with E-state index in [1.807, 2.05) is 30.3 Å². The minimum atomic E-state index is -0.426. The Labute approximate surface area is 129 Å². The lowest BCUT2D eigenvalue weighted by Crippen LogP contribution is -2.31. The largest absolute Gasteiger partial charge is 0.465 e. The summed E-state index contributed by atoms with van der Waals surface area (Å²) >= 11 is 0. The first-order chi connectivity index (χ1) is 10.7. The lowest BCUT2D eigenvalue weighted by atomic mass is 10.1. The van der Waals surface area contributed by atoms with Crippen molar-refractivity contribution in [2.24, 2.45) is 0 Å². The third-order valence-corrected chi connectivity index (χ3v) is 3.18. The van der Waals surface area contributed by atoms with E-state index in [2.05, 4.69) is 11.3 Å². The minimum absolute atomic E-state index is 0.150. The van der Waals surface area contributed by atoms with E-state index in [9.17, 15) is 9.59 Å². The molecule has 0 fully saturated rings. The molecular weight excluding hydrogens is 278 g/mol. The number of esters is 1. The van der Waals surface area contributed by atoms with Crippen molar-refractivity contribution in [3.63, 3.8) is 0 Å². The number of nitrogens with zero attached hydrogens (tertiary/aromatic N) is 1. The molecular formula is C18H17NO3. The van der Waals surface area contributed by atoms with Crippen LogP contribution in [0.5, 0.6) is 0 Å². The molecule has 4 heteroatoms. The predicted molar refractivity (Wildman–Crippen MR) is 86.1 cm³/mol. The Kier molecular flexibility index (Phi) is 5.09. The van der Waals surface area contributed by atoms with Crippen LogP contribution >= 0.6 is 0 Å². The number of hydrogen-bond donors (Lipinski definition) is 0. The van der Waals surface area contributed by atoms with Gasteiger partial charge in [-0.25, -0.2) is 4.79 Å². The minimum Gasteiger partial charge on any atom is -0.465 e. The van der Waals surface area contributed by atoms with Gasteiger partial charge < -0.3 is 9.64 Å². The van der Waals surface area contributed by atoms with Crippen molar-refractivity contribution < 1.29 is 14.3 Å². The van der Waals surface area contributed by atoms with Gasteiger partial charge in [-0.15, -0.1) is 6.58 Å². The maximum atomic E-state index is 12.6. The van der Waals surface area contributed by atoms with E-state index in [0.29, 0.717) is 17.7 Å². The van der Waals surface area contributed by atoms with Gasteiger partial charge in [0, 0.05) is 17.8 Å². The van der Waals surface area contributed by atoms with E-state index in [4.69, 9.17) is 0 Å². The average molecular weight is 295 g/mol. The monoisotopic (exact) mass is 295 g/mol. The van der Waals surface area contributed by atoms with Crippen molar-refractivity contribution in [2.75, 3.05) is 18.6 Å². The molecule has 0 unspecified atom stereocenters. The second kappa shape index (κ2) is 7.22. The van der Waals surface area contributed by atoms with Gasteiger partial charge in [0.1, 0.15) is 0 Å². The number of amides is 1. The molecule has 0 spiro atoms. The highest BCUT2D eigenvalue weighted by Crippen LogP contribution is 2.17. The van der Waals surface area contributed by atoms with Crippen LogP contribution < -0.4 is 4.90 Å². The van der Waals surface area contributed by atoms with Gasteiger partial charge in [-0.1, -0.05) is 24.3 Å². The van der Waals surface area contributed by atoms with E-state index in [0.717, 1.165) is 5.69 Å². The van der Waals surface area contributed by atoms with E-state index < -0.39 is 5.97 Å². The third kappa shape index (κ3) is 3.41. The highest BCUT2D eigenvalue weighted by Gasteiger charge is 2.17. The molecule has 0 aliphatic rings. The Bertz CT molecular complexity index is 662. The SMILES string of the molecule is C=CCN(C(=O)c1ccc(C(=O)OC)cc1)c1ccccc1. The zero-order valence-electron chi connectivity index (χ0n) is 12.4. The van der Waals surface area contributed by atoms with Crippen LogP contribution in [0.4, 0.5) is 5.69 Å². The first-order valence-electron chi connectivity index (χ1n) is 6.83. The highest BCUT2D eigenvalue weighted by molar-refractivity contribution is 6.06. The Morgan fingerprint density at radius 2 is 1.64 bits per heavy atom. The fraction of sp³-hybridized carbons (Fsp3) is 0.111. The summed E-state index contributed by atoms with van der Waals surface area (Å²) in [6.45, 7) is 4.10. The Hall–Kier alpha value is -2.88. The fourth-order valence-corrected chi connectivity index (χ4v) is 2.07. The molecule has 1 amide bonds. The van der Waals surface area contributed by atoms with E-state index >= 15 is 0 Å². The highest BCUT2D eigenvalue weighted by atomic mass is 16.5. The summed E-state index contributed by atoms with van der Waals surface area (Å²) in [5.74, 6) is -0.576. The summed E-state index contributed by atoms with van der Waals surface area (Å²) in [5, 5.41) is 0. The molecule has 0 aliphatic heterocycles. The number of carbonyl (C=O) groups excluding carboxylic acids is 2. The van der Waals surface area contributed by atoms with Crippen molar-refractivity contribution in [2.45, 2.75) is 0 Å². The molecule has 0 saturated heterocycles. The lowest BCUT2D eigenvalue weighted by molar-refractivity contribution is 0.0600. The summed E-state index contributed by atoms with van der Waals surface area (Å²) in [4.78, 5) is 25.7. The molecule has 0 bridgehead atoms. The topological polar surface area (TPSA) is 46.6 Å². The Morgan fingerprint density at radius 3 is 2.18 bits per heavy atom. The zero-order valence-corrected chi connectivity index (χ0v) is 12.4. The fourth-order valence-electron chi connectivity index (χ4n) is 2.07. The Balaban J connectivity index is 2.27. The zero-order chi connectivity index (χ0) is 15.9. The van der Waals surface area contributed by atoms with Gasteiger partial charge >= 0.3 is 5.97 Å². The van der Waals surface area contributed by atoms with Crippen LogP contribution in [0.25, 0.3) is 0 Å². The molecule has 0 heterocycles. The predicted octanol–water partition coefficient (Wildman–Crippen LogP) is 3.31. The number of methoxy groups -OCH3 is 1. The van der Waals surface area contributed by atoms with Crippen LogP contribution in [0.1, 0.15) is 20.7 Å². The number of hydrogen-bond acceptors (Lipinski definition) is 3. The Morgan fingerprint density at radius 1 is 1.05 bits per heavy atom. The van der Waals surface area contributed by atoms with E-state index in [-0.39, 0.29) is 5.91 Å². The van der Waals surface area contributed by atoms with Crippen LogP contribution in [-0.2, 0) is 4.74 Å². The molecule has 22 heavy (non-hydrogen) atoms. The molecule has 0 N–H and O–H groups in total. The number of ether oxygens (including phenoxy) is 1. The van der Waals surface area contributed by atoms with Gasteiger partial charge in [0.2, 0.25) is 0 Å². The van der Waals surface area contributed by atoms with Gasteiger partial charge in [0.05, 0.1) is 12.7 Å². The molecule has 2 aromatic rings. The van der Waals surface area contributed by atoms with Crippen molar-refractivity contribution >= 4 is 17.6 Å². The van der Waals surface area contributed by atoms with Crippen LogP contribution in [0.2, 0.25) is 0 Å². The van der Waals surface area contributed by atoms with Gasteiger partial charge in [-0.2, -0.15) is 0 Å². The van der Waals surface area contributed by atoms with Gasteiger partial charge in [-0.3, -0.25) is 4.79 Å². The molecule has 112 valence electrons. The summed E-state index contributed by atoms with van der Waals surface area (Å²) in [6, 6.07) is 15.8. The third-order valence-electron chi connectivity index (χ3n) is 3.18. The van der Waals surface area contributed by atoms with Gasteiger partial charge in [-0.05, 0) is 36.4 Å². The summed E-state index contributed by atoms with van der Waals surface area (Å²) < 4.78 is 4.64. The van der Waals surface area contributed by atoms with Gasteiger partial charge in [0.15, 0.2) is 0 Å². The van der Waals surface area contributed by atoms with Gasteiger partial charge in [0.25, 0.3) is 5.91 Å². The van der Waals surface area contributed by atoms with Crippen molar-refractivity contribution in [1.29, 1.82) is 0 Å². The summed E-state index contributed by atoms with van der Waals surface area (Å²) in [7, 11) is 1.32. The molecule has 2 rings (SSSR count). The smallest absolute Gasteiger partial charge is 0.337 e. The number of para-hydroxylation sites is 1. The number of anilines is 1. The van der Waals surface area contributed by atoms with Crippen LogP contribution in [-0.4, -0.2) is 25.5 Å². The average Bonchev–Trinajstić information content (AvgIpc) is 2.59. The molecule has 0 aliphatic carbocycles. The molecule has 2 aromatic carbocycles. The molecule has 0 radical (unpaired) electrons. The first-order valence-corrected chi connectivity index (χ1v) is 6.83. The van der Waals surface area contributed by atoms with Crippen molar-refractivity contribution in [1.82, 2.24) is 0 Å². The lowest BCUT2D eigenvalue weighted by Gasteiger charge is -2.21. The molecule has 4 nitrogen and oxygen atoms in total.